The van der Waals surface area contributed by atoms with Crippen molar-refractivity contribution in [2.24, 2.45) is 0 Å². The van der Waals surface area contributed by atoms with Gasteiger partial charge in [-0.05, 0) is 6.92 Å². The molecule has 0 heterocycles. The number of carbonyl (C=O) groups excluding carboxylic acids is 1. The highest BCUT2D eigenvalue weighted by molar-refractivity contribution is 5.68. The van der Waals surface area contributed by atoms with Crippen molar-refractivity contribution >= 4 is 6.09 Å². The van der Waals surface area contributed by atoms with Gasteiger partial charge in [0.15, 0.2) is 6.61 Å². The molecule has 3 nitrogen and oxygen atoms in total. The van der Waals surface area contributed by atoms with Gasteiger partial charge in [-0.3, -0.25) is 5.32 Å². The van der Waals surface area contributed by atoms with Gasteiger partial charge in [0.05, 0.1) is 0 Å². The van der Waals surface area contributed by atoms with Crippen LogP contribution in [-0.2, 0) is 4.74 Å². The second-order valence-electron chi connectivity index (χ2n) is 3.44. The smallest absolute Gasteiger partial charge is 0.422 e. The lowest BCUT2D eigenvalue weighted by Crippen LogP contribution is -2.65. The Morgan fingerprint density at radius 1 is 0.947 bits per heavy atom. The summed E-state index contributed by atoms with van der Waals surface area (Å²) in [5.74, 6) is 0. The minimum Gasteiger partial charge on any atom is -0.440 e. The first-order valence-corrected chi connectivity index (χ1v) is 4.25. The molecule has 0 spiro atoms. The number of rotatable bonds is 2. The number of amides is 1. The third-order valence-corrected chi connectivity index (χ3v) is 1.85. The van der Waals surface area contributed by atoms with E-state index in [1.54, 1.807) is 0 Å². The van der Waals surface area contributed by atoms with E-state index in [9.17, 15) is 44.3 Å². The summed E-state index contributed by atoms with van der Waals surface area (Å²) < 4.78 is 111. The van der Waals surface area contributed by atoms with Crippen LogP contribution in [0, 0.1) is 0 Å². The Hall–Kier alpha value is -1.36. The number of alkyl halides is 9. The van der Waals surface area contributed by atoms with E-state index in [0.29, 0.717) is 5.32 Å². The molecule has 0 saturated carbocycles. The van der Waals surface area contributed by atoms with Crippen LogP contribution in [0.2, 0.25) is 0 Å². The summed E-state index contributed by atoms with van der Waals surface area (Å²) in [6.45, 7) is -2.76. The molecule has 0 unspecified atom stereocenters. The molecule has 0 aromatic heterocycles. The average Bonchev–Trinajstić information content (AvgIpc) is 2.09. The highest BCUT2D eigenvalue weighted by Crippen LogP contribution is 2.42. The van der Waals surface area contributed by atoms with Crippen molar-refractivity contribution in [3.8, 4) is 0 Å². The number of nitrogens with one attached hydrogen (secondary N) is 1. The van der Waals surface area contributed by atoms with Crippen molar-refractivity contribution in [1.82, 2.24) is 5.32 Å². The van der Waals surface area contributed by atoms with Crippen LogP contribution in [0.5, 0.6) is 0 Å². The van der Waals surface area contributed by atoms with Gasteiger partial charge in [0.2, 0.25) is 5.54 Å². The molecule has 0 fully saturated rings. The largest absolute Gasteiger partial charge is 0.440 e. The first-order valence-electron chi connectivity index (χ1n) is 4.25. The van der Waals surface area contributed by atoms with Gasteiger partial charge < -0.3 is 4.74 Å². The van der Waals surface area contributed by atoms with E-state index in [0.717, 1.165) is 0 Å². The third kappa shape index (κ3) is 4.67. The molecule has 19 heavy (non-hydrogen) atoms. The van der Waals surface area contributed by atoms with E-state index >= 15 is 0 Å². The average molecular weight is 307 g/mol. The Kier molecular flexibility index (Phi) is 4.61. The molecule has 1 amide bonds. The zero-order valence-corrected chi connectivity index (χ0v) is 8.93. The standard InChI is InChI=1S/C7H6F9NO2/c1-4(6(11,12)13,7(14,15)16)17-3(18)19-2-5(8,9)10/h2H2,1H3,(H,17,18). The lowest BCUT2D eigenvalue weighted by atomic mass is 10.0. The van der Waals surface area contributed by atoms with Gasteiger partial charge in [-0.15, -0.1) is 0 Å². The van der Waals surface area contributed by atoms with Gasteiger partial charge in [-0.1, -0.05) is 0 Å². The van der Waals surface area contributed by atoms with Crippen molar-refractivity contribution < 1.29 is 49.0 Å². The zero-order chi connectivity index (χ0) is 15.7. The highest BCUT2D eigenvalue weighted by atomic mass is 19.4. The number of alkyl carbamates (subject to hydrolysis) is 1. The van der Waals surface area contributed by atoms with E-state index in [-0.39, 0.29) is 0 Å². The number of halogens is 9. The topological polar surface area (TPSA) is 38.3 Å². The van der Waals surface area contributed by atoms with E-state index in [2.05, 4.69) is 4.74 Å². The summed E-state index contributed by atoms with van der Waals surface area (Å²) in [5.41, 5.74) is -4.72. The molecule has 0 aliphatic carbocycles. The summed E-state index contributed by atoms with van der Waals surface area (Å²) >= 11 is 0. The quantitative estimate of drug-likeness (QED) is 0.796. The summed E-state index contributed by atoms with van der Waals surface area (Å²) in [6, 6.07) is 0. The predicted molar refractivity (Wildman–Crippen MR) is 41.1 cm³/mol. The van der Waals surface area contributed by atoms with E-state index in [4.69, 9.17) is 0 Å². The predicted octanol–water partition coefficient (Wildman–Crippen LogP) is 3.16. The fourth-order valence-corrected chi connectivity index (χ4v) is 0.690. The van der Waals surface area contributed by atoms with Gasteiger partial charge in [0.1, 0.15) is 0 Å². The van der Waals surface area contributed by atoms with Crippen molar-refractivity contribution in [3.05, 3.63) is 0 Å². The van der Waals surface area contributed by atoms with Crippen LogP contribution in [0.3, 0.4) is 0 Å². The fourth-order valence-electron chi connectivity index (χ4n) is 0.690. The molecule has 0 bridgehead atoms. The normalized spacial score (nSPS) is 14.2. The number of hydrogen-bond donors (Lipinski definition) is 1. The molecular weight excluding hydrogens is 301 g/mol. The van der Waals surface area contributed by atoms with Gasteiger partial charge >= 0.3 is 24.6 Å². The van der Waals surface area contributed by atoms with Crippen LogP contribution >= 0.6 is 0 Å². The van der Waals surface area contributed by atoms with Crippen LogP contribution in [0.1, 0.15) is 6.92 Å². The summed E-state index contributed by atoms with van der Waals surface area (Å²) in [4.78, 5) is 10.6. The minimum atomic E-state index is -5.97. The zero-order valence-electron chi connectivity index (χ0n) is 8.93. The van der Waals surface area contributed by atoms with Crippen LogP contribution in [0.15, 0.2) is 0 Å². The Labute approximate surface area is 99.2 Å². The number of carbonyl (C=O) groups is 1. The summed E-state index contributed by atoms with van der Waals surface area (Å²) in [6.07, 6.45) is -19.5. The number of hydrogen-bond acceptors (Lipinski definition) is 2. The van der Waals surface area contributed by atoms with Crippen LogP contribution < -0.4 is 5.32 Å². The van der Waals surface area contributed by atoms with Crippen LogP contribution in [-0.4, -0.2) is 36.8 Å². The second-order valence-corrected chi connectivity index (χ2v) is 3.44. The maximum atomic E-state index is 12.2. The molecule has 0 aromatic rings. The van der Waals surface area contributed by atoms with Crippen LogP contribution in [0.4, 0.5) is 44.3 Å². The molecule has 0 aliphatic rings. The van der Waals surface area contributed by atoms with Gasteiger partial charge in [-0.2, -0.15) is 39.5 Å². The second kappa shape index (κ2) is 4.96. The lowest BCUT2D eigenvalue weighted by molar-refractivity contribution is -0.299. The lowest BCUT2D eigenvalue weighted by Gasteiger charge is -2.34. The molecule has 114 valence electrons. The summed E-state index contributed by atoms with van der Waals surface area (Å²) in [5, 5.41) is 0.335. The van der Waals surface area contributed by atoms with E-state index in [1.165, 1.54) is 0 Å². The van der Waals surface area contributed by atoms with E-state index in [1.807, 2.05) is 0 Å². The highest BCUT2D eigenvalue weighted by Gasteiger charge is 2.69. The molecular formula is C7H6F9NO2. The Morgan fingerprint density at radius 2 is 1.32 bits per heavy atom. The Morgan fingerprint density at radius 3 is 1.58 bits per heavy atom. The minimum absolute atomic E-state index is 0.335. The number of ether oxygens (including phenoxy) is 1. The molecule has 1 N–H and O–H groups in total. The Balaban J connectivity index is 4.93. The molecule has 0 aromatic carbocycles. The Bertz CT molecular complexity index is 315. The monoisotopic (exact) mass is 307 g/mol. The van der Waals surface area contributed by atoms with Crippen molar-refractivity contribution in [3.63, 3.8) is 0 Å². The van der Waals surface area contributed by atoms with Crippen LogP contribution in [0.25, 0.3) is 0 Å². The van der Waals surface area contributed by atoms with Gasteiger partial charge in [-0.25, -0.2) is 4.79 Å². The molecule has 0 radical (unpaired) electrons. The maximum Gasteiger partial charge on any atom is 0.422 e. The molecule has 0 saturated heterocycles. The molecule has 12 heteroatoms. The molecule has 0 rings (SSSR count). The van der Waals surface area contributed by atoms with Crippen molar-refractivity contribution in [2.45, 2.75) is 31.0 Å². The van der Waals surface area contributed by atoms with Gasteiger partial charge in [0.25, 0.3) is 0 Å². The van der Waals surface area contributed by atoms with Crippen molar-refractivity contribution in [1.29, 1.82) is 0 Å². The summed E-state index contributed by atoms with van der Waals surface area (Å²) in [7, 11) is 0. The SMILES string of the molecule is CC(NC(=O)OCC(F)(F)F)(C(F)(F)F)C(F)(F)F. The fraction of sp³-hybridized carbons (Fsp3) is 0.857. The van der Waals surface area contributed by atoms with Gasteiger partial charge in [0, 0.05) is 0 Å². The molecule has 0 atom stereocenters. The maximum absolute atomic E-state index is 12.2. The first kappa shape index (κ1) is 17.6. The van der Waals surface area contributed by atoms with Crippen molar-refractivity contribution in [2.75, 3.05) is 6.61 Å². The molecule has 0 aliphatic heterocycles. The third-order valence-electron chi connectivity index (χ3n) is 1.85. The first-order chi connectivity index (χ1) is 8.10. The van der Waals surface area contributed by atoms with E-state index < -0.39 is 43.7 Å².